The monoisotopic (exact) mass is 288 g/mol. The van der Waals surface area contributed by atoms with Crippen LogP contribution in [-0.2, 0) is 9.84 Å². The average Bonchev–Trinajstić information content (AvgIpc) is 2.88. The summed E-state index contributed by atoms with van der Waals surface area (Å²) in [6.07, 6.45) is 1.20. The second kappa shape index (κ2) is 3.87. The van der Waals surface area contributed by atoms with Crippen molar-refractivity contribution in [2.45, 2.75) is 4.90 Å². The van der Waals surface area contributed by atoms with Gasteiger partial charge in [-0.2, -0.15) is 0 Å². The Labute approximate surface area is 115 Å². The third kappa shape index (κ3) is 1.57. The Hall–Kier alpha value is -2.25. The Morgan fingerprint density at radius 2 is 1.75 bits per heavy atom. The first-order valence-corrected chi connectivity index (χ1v) is 7.64. The van der Waals surface area contributed by atoms with Crippen LogP contribution in [0.25, 0.3) is 27.9 Å². The molecule has 0 atom stereocenters. The molecule has 4 bridgehead atoms. The van der Waals surface area contributed by atoms with Crippen molar-refractivity contribution in [2.24, 2.45) is 0 Å². The molecule has 4 aromatic heterocycles. The summed E-state index contributed by atoms with van der Waals surface area (Å²) in [6.45, 7) is 0. The molecule has 7 heteroatoms. The van der Waals surface area contributed by atoms with Crippen molar-refractivity contribution in [1.82, 2.24) is 20.7 Å². The number of imidazole rings is 1. The molecule has 0 amide bonds. The summed E-state index contributed by atoms with van der Waals surface area (Å²) < 4.78 is 24.7. The van der Waals surface area contributed by atoms with Gasteiger partial charge in [0.1, 0.15) is 5.52 Å². The van der Waals surface area contributed by atoms with Crippen molar-refractivity contribution in [1.29, 1.82) is 0 Å². The third-order valence-electron chi connectivity index (χ3n) is 3.31. The maximum Gasteiger partial charge on any atom is 0.200 e. The van der Waals surface area contributed by atoms with Gasteiger partial charge >= 0.3 is 0 Å². The minimum atomic E-state index is -3.16. The first kappa shape index (κ1) is 12.8. The Kier molecular flexibility index (Phi) is 2.47. The summed E-state index contributed by atoms with van der Waals surface area (Å²) in [5.41, 5.74) is 4.52. The fraction of sp³-hybridized carbons (Fsp3) is 0.0769. The van der Waals surface area contributed by atoms with Crippen LogP contribution in [0.5, 0.6) is 0 Å². The van der Waals surface area contributed by atoms with Crippen molar-refractivity contribution in [3.63, 3.8) is 0 Å². The van der Waals surface area contributed by atoms with Crippen molar-refractivity contribution >= 4 is 26.6 Å². The number of benzene rings is 1. The van der Waals surface area contributed by atoms with Gasteiger partial charge in [0.25, 0.3) is 0 Å². The zero-order valence-corrected chi connectivity index (χ0v) is 11.6. The molecule has 20 heavy (non-hydrogen) atoms. The van der Waals surface area contributed by atoms with Crippen molar-refractivity contribution in [2.75, 3.05) is 6.26 Å². The number of hydrogen-bond acceptors (Lipinski definition) is 5. The summed E-state index contributed by atoms with van der Waals surface area (Å²) in [5.74, 6) is 0. The van der Waals surface area contributed by atoms with Crippen LogP contribution in [0.2, 0.25) is 0 Å². The van der Waals surface area contributed by atoms with E-state index in [1.165, 1.54) is 6.26 Å². The molecule has 0 aliphatic rings. The van der Waals surface area contributed by atoms with Gasteiger partial charge in [-0.25, -0.2) is 17.9 Å². The molecule has 0 saturated carbocycles. The van der Waals surface area contributed by atoms with Crippen LogP contribution >= 0.6 is 0 Å². The summed E-state index contributed by atoms with van der Waals surface area (Å²) >= 11 is 0. The lowest BCUT2D eigenvalue weighted by atomic mass is 10.1. The molecular formula is C13H12N4O2S. The van der Waals surface area contributed by atoms with Crippen molar-refractivity contribution in [3.8, 4) is 11.1 Å². The molecule has 102 valence electrons. The fourth-order valence-corrected chi connectivity index (χ4v) is 2.93. The smallest absolute Gasteiger partial charge is 0.200 e. The highest BCUT2D eigenvalue weighted by Gasteiger charge is 2.18. The van der Waals surface area contributed by atoms with Crippen LogP contribution in [0.4, 0.5) is 0 Å². The van der Waals surface area contributed by atoms with Crippen LogP contribution in [0.1, 0.15) is 0 Å². The minimum Gasteiger partial charge on any atom is -0.344 e. The molecule has 0 radical (unpaired) electrons. The number of nitrogens with zero attached hydrogens (tertiary/aromatic N) is 3. The van der Waals surface area contributed by atoms with Crippen LogP contribution in [0.3, 0.4) is 0 Å². The van der Waals surface area contributed by atoms with Crippen LogP contribution in [0, 0.1) is 0 Å². The van der Waals surface area contributed by atoms with E-state index in [1.807, 2.05) is 12.1 Å². The molecule has 5 aromatic rings. The molecular weight excluding hydrogens is 276 g/mol. The van der Waals surface area contributed by atoms with Crippen LogP contribution in [-0.4, -0.2) is 29.3 Å². The second-order valence-electron chi connectivity index (χ2n) is 4.60. The Morgan fingerprint density at radius 3 is 2.40 bits per heavy atom. The van der Waals surface area contributed by atoms with Gasteiger partial charge in [0.15, 0.2) is 15.5 Å². The van der Waals surface area contributed by atoms with E-state index in [4.69, 9.17) is 0 Å². The quantitative estimate of drug-likeness (QED) is 0.608. The zero-order valence-electron chi connectivity index (χ0n) is 10.7. The summed E-state index contributed by atoms with van der Waals surface area (Å²) in [5, 5.41) is 4.19. The van der Waals surface area contributed by atoms with E-state index in [0.717, 1.165) is 27.9 Å². The predicted octanol–water partition coefficient (Wildman–Crippen LogP) is 1.99. The molecule has 0 aliphatic carbocycles. The molecule has 1 aromatic carbocycles. The van der Waals surface area contributed by atoms with Gasteiger partial charge in [-0.3, -0.25) is 0 Å². The first-order chi connectivity index (χ1) is 9.04. The van der Waals surface area contributed by atoms with E-state index in [1.54, 1.807) is 28.8 Å². The molecule has 0 aliphatic heterocycles. The maximum absolute atomic E-state index is 11.4. The summed E-state index contributed by atoms with van der Waals surface area (Å²) in [7, 11) is -3.16. The molecule has 6 nitrogen and oxygen atoms in total. The average molecular weight is 288 g/mol. The fourth-order valence-electron chi connectivity index (χ4n) is 2.30. The van der Waals surface area contributed by atoms with Gasteiger partial charge in [0, 0.05) is 11.8 Å². The Morgan fingerprint density at radius 1 is 1.05 bits per heavy atom. The van der Waals surface area contributed by atoms with Crippen LogP contribution in [0.15, 0.2) is 41.3 Å². The number of aromatic nitrogens is 3. The zero-order chi connectivity index (χ0) is 13.2. The molecule has 0 fully saturated rings. The van der Waals surface area contributed by atoms with Crippen molar-refractivity contribution in [3.05, 3.63) is 36.4 Å². The standard InChI is InChI=1S/C13H9N3O2S.H3N/c1-19(17,18)9-4-2-8(3-5-9)10-6-7-11-12-14-13(10)16(11)15-12;/h2-7H,1H3;1H3. The third-order valence-corrected chi connectivity index (χ3v) is 4.44. The van der Waals surface area contributed by atoms with Gasteiger partial charge in [-0.15, -0.1) is 5.10 Å². The molecule has 0 unspecified atom stereocenters. The highest BCUT2D eigenvalue weighted by molar-refractivity contribution is 7.90. The molecule has 0 spiro atoms. The molecule has 5 rings (SSSR count). The van der Waals surface area contributed by atoms with Gasteiger partial charge in [-0.05, 0) is 29.8 Å². The number of pyridine rings is 1. The van der Waals surface area contributed by atoms with Gasteiger partial charge in [0.2, 0.25) is 5.65 Å². The second-order valence-corrected chi connectivity index (χ2v) is 6.62. The topological polar surface area (TPSA) is 99.3 Å². The lowest BCUT2D eigenvalue weighted by Crippen LogP contribution is -1.97. The van der Waals surface area contributed by atoms with Crippen LogP contribution < -0.4 is 6.15 Å². The van der Waals surface area contributed by atoms with E-state index in [-0.39, 0.29) is 6.15 Å². The lowest BCUT2D eigenvalue weighted by molar-refractivity contribution is 0.602. The normalized spacial score (nSPS) is 12.2. The predicted molar refractivity (Wildman–Crippen MR) is 76.4 cm³/mol. The lowest BCUT2D eigenvalue weighted by Gasteiger charge is -2.05. The number of hydrogen-bond donors (Lipinski definition) is 1. The van der Waals surface area contributed by atoms with Gasteiger partial charge in [0.05, 0.1) is 4.90 Å². The van der Waals surface area contributed by atoms with E-state index >= 15 is 0 Å². The Balaban J connectivity index is 0.00000121. The maximum atomic E-state index is 11.4. The van der Waals surface area contributed by atoms with E-state index in [0.29, 0.717) is 4.90 Å². The van der Waals surface area contributed by atoms with Crippen molar-refractivity contribution < 1.29 is 8.42 Å². The highest BCUT2D eigenvalue weighted by Crippen LogP contribution is 2.30. The van der Waals surface area contributed by atoms with Gasteiger partial charge < -0.3 is 6.15 Å². The Bertz CT molecular complexity index is 973. The molecule has 3 N–H and O–H groups in total. The van der Waals surface area contributed by atoms with E-state index in [9.17, 15) is 8.42 Å². The van der Waals surface area contributed by atoms with Gasteiger partial charge in [-0.1, -0.05) is 12.1 Å². The first-order valence-electron chi connectivity index (χ1n) is 5.75. The minimum absolute atomic E-state index is 0. The largest absolute Gasteiger partial charge is 0.344 e. The number of sulfone groups is 1. The summed E-state index contributed by atoms with van der Waals surface area (Å²) in [6, 6.07) is 10.8. The van der Waals surface area contributed by atoms with E-state index < -0.39 is 9.84 Å². The highest BCUT2D eigenvalue weighted by atomic mass is 32.2. The molecule has 4 heterocycles. The summed E-state index contributed by atoms with van der Waals surface area (Å²) in [4.78, 5) is 4.71. The SMILES string of the molecule is CS(=O)(=O)c1ccc(-c2ccc3c4nc2n3n4)cc1.N. The van der Waals surface area contributed by atoms with E-state index in [2.05, 4.69) is 10.1 Å². The number of rotatable bonds is 2. The molecule has 0 saturated heterocycles.